The van der Waals surface area contributed by atoms with Crippen LogP contribution in [-0.4, -0.2) is 46.1 Å². The summed E-state index contributed by atoms with van der Waals surface area (Å²) < 4.78 is 17.2. The van der Waals surface area contributed by atoms with Crippen LogP contribution in [0, 0.1) is 6.92 Å². The average Bonchev–Trinajstić information content (AvgIpc) is 3.08. The van der Waals surface area contributed by atoms with E-state index in [1.807, 2.05) is 12.1 Å². The Morgan fingerprint density at radius 2 is 1.80 bits per heavy atom. The van der Waals surface area contributed by atoms with Crippen LogP contribution < -0.4 is 10.1 Å². The number of pyridine rings is 1. The molecule has 0 spiro atoms. The molecule has 4 rings (SSSR count). The van der Waals surface area contributed by atoms with Crippen LogP contribution >= 0.6 is 0 Å². The van der Waals surface area contributed by atoms with Gasteiger partial charge in [0.25, 0.3) is 5.79 Å². The van der Waals surface area contributed by atoms with Crippen LogP contribution in [0.25, 0.3) is 5.52 Å². The SMILES string of the molecule is COc1c(C)c(C(=O)c2ccc(NC=C3C(=O)OC(C)(C)OC3=O)c(C(=O)O)c2)n2ccccc12. The summed E-state index contributed by atoms with van der Waals surface area (Å²) in [5, 5.41) is 12.4. The molecule has 10 nitrogen and oxygen atoms in total. The summed E-state index contributed by atoms with van der Waals surface area (Å²) in [6.45, 7) is 4.58. The van der Waals surface area contributed by atoms with Crippen molar-refractivity contribution in [2.75, 3.05) is 12.4 Å². The molecule has 2 aromatic heterocycles. The summed E-state index contributed by atoms with van der Waals surface area (Å²) in [4.78, 5) is 49.6. The van der Waals surface area contributed by atoms with Crippen LogP contribution in [0.3, 0.4) is 0 Å². The predicted molar refractivity (Wildman–Crippen MR) is 123 cm³/mol. The first kappa shape index (κ1) is 23.6. The number of benzene rings is 1. The molecule has 10 heteroatoms. The standard InChI is InChI=1S/C25H22N2O8/c1-13-19(27-10-6-5-7-18(27)21(13)33-4)20(28)14-8-9-17(15(11-14)22(29)30)26-12-16-23(31)34-25(2,3)35-24(16)32/h5-12,26H,1-4H3,(H,29,30). The number of aromatic nitrogens is 1. The molecule has 35 heavy (non-hydrogen) atoms. The van der Waals surface area contributed by atoms with Crippen LogP contribution in [0.15, 0.2) is 54.4 Å². The molecule has 180 valence electrons. The second-order valence-corrected chi connectivity index (χ2v) is 8.24. The van der Waals surface area contributed by atoms with E-state index in [2.05, 4.69) is 5.32 Å². The average molecular weight is 478 g/mol. The first-order chi connectivity index (χ1) is 16.5. The highest BCUT2D eigenvalue weighted by molar-refractivity contribution is 6.16. The van der Waals surface area contributed by atoms with E-state index in [1.54, 1.807) is 23.6 Å². The van der Waals surface area contributed by atoms with Gasteiger partial charge in [-0.25, -0.2) is 14.4 Å². The number of fused-ring (bicyclic) bond motifs is 1. The number of ketones is 1. The lowest BCUT2D eigenvalue weighted by molar-refractivity contribution is -0.222. The van der Waals surface area contributed by atoms with Gasteiger partial charge in [0.15, 0.2) is 5.57 Å². The topological polar surface area (TPSA) is 133 Å². The van der Waals surface area contributed by atoms with E-state index in [0.717, 1.165) is 6.20 Å². The third kappa shape index (κ3) is 4.21. The number of aromatic carboxylic acids is 1. The van der Waals surface area contributed by atoms with Crippen molar-refractivity contribution in [3.63, 3.8) is 0 Å². The molecule has 0 aliphatic carbocycles. The molecule has 1 saturated heterocycles. The Hall–Kier alpha value is -4.60. The number of carboxylic acid groups (broad SMARTS) is 1. The van der Waals surface area contributed by atoms with Crippen molar-refractivity contribution in [3.8, 4) is 5.75 Å². The zero-order valence-electron chi connectivity index (χ0n) is 19.4. The minimum Gasteiger partial charge on any atom is -0.494 e. The monoisotopic (exact) mass is 478 g/mol. The Balaban J connectivity index is 1.70. The molecule has 0 amide bonds. The molecular weight excluding hydrogens is 456 g/mol. The summed E-state index contributed by atoms with van der Waals surface area (Å²) >= 11 is 0. The molecule has 3 heterocycles. The van der Waals surface area contributed by atoms with Gasteiger partial charge < -0.3 is 29.0 Å². The molecule has 3 aromatic rings. The lowest BCUT2D eigenvalue weighted by atomic mass is 10.0. The maximum atomic E-state index is 13.4. The van der Waals surface area contributed by atoms with Crippen molar-refractivity contribution < 1.29 is 38.5 Å². The van der Waals surface area contributed by atoms with Crippen molar-refractivity contribution >= 4 is 34.9 Å². The lowest BCUT2D eigenvalue weighted by Gasteiger charge is -2.29. The summed E-state index contributed by atoms with van der Waals surface area (Å²) in [6.07, 6.45) is 2.74. The maximum Gasteiger partial charge on any atom is 0.350 e. The Labute approximate surface area is 199 Å². The fourth-order valence-corrected chi connectivity index (χ4v) is 3.89. The summed E-state index contributed by atoms with van der Waals surface area (Å²) in [7, 11) is 1.51. The second kappa shape index (κ2) is 8.64. The molecule has 0 bridgehead atoms. The number of esters is 2. The van der Waals surface area contributed by atoms with Crippen LogP contribution in [0.4, 0.5) is 5.69 Å². The van der Waals surface area contributed by atoms with Gasteiger partial charge in [-0.3, -0.25) is 4.79 Å². The number of carbonyl (C=O) groups excluding carboxylic acids is 3. The van der Waals surface area contributed by atoms with Gasteiger partial charge in [0.05, 0.1) is 23.9 Å². The molecule has 0 radical (unpaired) electrons. The Morgan fingerprint density at radius 3 is 2.43 bits per heavy atom. The third-order valence-electron chi connectivity index (χ3n) is 5.45. The van der Waals surface area contributed by atoms with E-state index in [4.69, 9.17) is 14.2 Å². The van der Waals surface area contributed by atoms with Gasteiger partial charge in [0, 0.05) is 37.4 Å². The number of ether oxygens (including phenoxy) is 3. The molecule has 2 N–H and O–H groups in total. The number of anilines is 1. The largest absolute Gasteiger partial charge is 0.494 e. The van der Waals surface area contributed by atoms with Gasteiger partial charge in [-0.05, 0) is 37.3 Å². The number of hydrogen-bond acceptors (Lipinski definition) is 8. The van der Waals surface area contributed by atoms with E-state index < -0.39 is 35.1 Å². The summed E-state index contributed by atoms with van der Waals surface area (Å²) in [6, 6.07) is 9.45. The zero-order valence-corrected chi connectivity index (χ0v) is 19.4. The van der Waals surface area contributed by atoms with Crippen molar-refractivity contribution in [3.05, 3.63) is 76.8 Å². The highest BCUT2D eigenvalue weighted by atomic mass is 16.7. The molecule has 1 aliphatic rings. The fraction of sp³-hybridized carbons (Fsp3) is 0.200. The van der Waals surface area contributed by atoms with Crippen LogP contribution in [0.2, 0.25) is 0 Å². The van der Waals surface area contributed by atoms with Gasteiger partial charge >= 0.3 is 17.9 Å². The molecule has 0 unspecified atom stereocenters. The Bertz CT molecular complexity index is 1410. The van der Waals surface area contributed by atoms with Gasteiger partial charge in [-0.1, -0.05) is 6.07 Å². The van der Waals surface area contributed by atoms with Crippen LogP contribution in [0.1, 0.15) is 45.8 Å². The number of nitrogens with one attached hydrogen (secondary N) is 1. The highest BCUT2D eigenvalue weighted by Crippen LogP contribution is 2.32. The first-order valence-corrected chi connectivity index (χ1v) is 10.5. The molecule has 0 saturated carbocycles. The lowest BCUT2D eigenvalue weighted by Crippen LogP contribution is -2.42. The molecule has 1 fully saturated rings. The van der Waals surface area contributed by atoms with Crippen molar-refractivity contribution in [1.29, 1.82) is 0 Å². The maximum absolute atomic E-state index is 13.4. The quantitative estimate of drug-likeness (QED) is 0.237. The van der Waals surface area contributed by atoms with E-state index in [-0.39, 0.29) is 16.8 Å². The normalized spacial score (nSPS) is 14.8. The Morgan fingerprint density at radius 1 is 1.11 bits per heavy atom. The number of hydrogen-bond donors (Lipinski definition) is 2. The number of carbonyl (C=O) groups is 4. The molecule has 1 aliphatic heterocycles. The van der Waals surface area contributed by atoms with Crippen molar-refractivity contribution in [2.45, 2.75) is 26.6 Å². The van der Waals surface area contributed by atoms with E-state index in [1.165, 1.54) is 39.2 Å². The van der Waals surface area contributed by atoms with Crippen molar-refractivity contribution in [1.82, 2.24) is 4.40 Å². The minimum absolute atomic E-state index is 0.0568. The second-order valence-electron chi connectivity index (χ2n) is 8.24. The summed E-state index contributed by atoms with van der Waals surface area (Å²) in [5.41, 5.74) is 1.18. The van der Waals surface area contributed by atoms with E-state index in [9.17, 15) is 24.3 Å². The summed E-state index contributed by atoms with van der Waals surface area (Å²) in [5.74, 6) is -4.39. The highest BCUT2D eigenvalue weighted by Gasteiger charge is 2.39. The van der Waals surface area contributed by atoms with E-state index >= 15 is 0 Å². The zero-order chi connectivity index (χ0) is 25.5. The number of nitrogens with zero attached hydrogens (tertiary/aromatic N) is 1. The van der Waals surface area contributed by atoms with Crippen LogP contribution in [0.5, 0.6) is 5.75 Å². The number of cyclic esters (lactones) is 2. The number of methoxy groups -OCH3 is 1. The van der Waals surface area contributed by atoms with Gasteiger partial charge in [-0.2, -0.15) is 0 Å². The van der Waals surface area contributed by atoms with E-state index in [0.29, 0.717) is 22.5 Å². The van der Waals surface area contributed by atoms with Crippen LogP contribution in [-0.2, 0) is 19.1 Å². The third-order valence-corrected chi connectivity index (χ3v) is 5.45. The molecule has 1 aromatic carbocycles. The number of rotatable bonds is 6. The van der Waals surface area contributed by atoms with Gasteiger partial charge in [0.1, 0.15) is 11.4 Å². The Kier molecular flexibility index (Phi) is 5.81. The smallest absolute Gasteiger partial charge is 0.350 e. The molecule has 0 atom stereocenters. The first-order valence-electron chi connectivity index (χ1n) is 10.5. The van der Waals surface area contributed by atoms with Gasteiger partial charge in [-0.15, -0.1) is 0 Å². The predicted octanol–water partition coefficient (Wildman–Crippen LogP) is 3.32. The fourth-order valence-electron chi connectivity index (χ4n) is 3.89. The van der Waals surface area contributed by atoms with Gasteiger partial charge in [0.2, 0.25) is 5.78 Å². The minimum atomic E-state index is -1.40. The molecular formula is C25H22N2O8. The van der Waals surface area contributed by atoms with Crippen molar-refractivity contribution in [2.24, 2.45) is 0 Å². The number of carboxylic acids is 1.